The smallest absolute Gasteiger partial charge is 0.217 e. The second-order valence-electron chi connectivity index (χ2n) is 2.65. The molecule has 72 valence electrons. The van der Waals surface area contributed by atoms with Crippen molar-refractivity contribution in [1.82, 2.24) is 4.98 Å². The molecule has 0 bridgehead atoms. The Morgan fingerprint density at radius 1 is 1.46 bits per heavy atom. The maximum Gasteiger partial charge on any atom is 0.217 e. The molecule has 1 heterocycles. The molecule has 0 aliphatic heterocycles. The van der Waals surface area contributed by atoms with Crippen LogP contribution in [0.2, 0.25) is 0 Å². The third-order valence-electron chi connectivity index (χ3n) is 1.59. The van der Waals surface area contributed by atoms with E-state index < -0.39 is 0 Å². The molecule has 0 amide bonds. The highest BCUT2D eigenvalue weighted by atomic mass is 16.5. The summed E-state index contributed by atoms with van der Waals surface area (Å²) < 4.78 is 9.99. The number of aromatic nitrogens is 1. The summed E-state index contributed by atoms with van der Waals surface area (Å²) in [5, 5.41) is 9.31. The molecule has 0 radical (unpaired) electrons. The highest BCUT2D eigenvalue weighted by Gasteiger charge is 1.99. The normalized spacial score (nSPS) is 10.0. The monoisotopic (exact) mass is 183 g/mol. The van der Waals surface area contributed by atoms with Gasteiger partial charge in [-0.15, -0.1) is 0 Å². The van der Waals surface area contributed by atoms with Gasteiger partial charge in [-0.25, -0.2) is 4.98 Å². The molecule has 4 heteroatoms. The fourth-order valence-corrected chi connectivity index (χ4v) is 0.803. The van der Waals surface area contributed by atoms with Crippen molar-refractivity contribution < 1.29 is 14.6 Å². The molecule has 0 fully saturated rings. The zero-order chi connectivity index (χ0) is 9.68. The van der Waals surface area contributed by atoms with Gasteiger partial charge in [-0.3, -0.25) is 0 Å². The second-order valence-corrected chi connectivity index (χ2v) is 2.65. The van der Waals surface area contributed by atoms with Gasteiger partial charge in [0.25, 0.3) is 0 Å². The van der Waals surface area contributed by atoms with Gasteiger partial charge in [0.05, 0.1) is 6.61 Å². The Labute approximate surface area is 77.1 Å². The topological polar surface area (TPSA) is 51.6 Å². The molecule has 0 spiro atoms. The molecule has 0 saturated heterocycles. The molecule has 1 rings (SSSR count). The second kappa shape index (κ2) is 4.67. The van der Waals surface area contributed by atoms with Gasteiger partial charge in [0.2, 0.25) is 5.88 Å². The van der Waals surface area contributed by atoms with E-state index in [1.807, 2.05) is 0 Å². The SMILES string of the molecule is COCCOc1cc(O)c(C)cn1. The molecule has 1 N–H and O–H groups in total. The lowest BCUT2D eigenvalue weighted by Crippen LogP contribution is -2.05. The molecule has 1 aromatic heterocycles. The fourth-order valence-electron chi connectivity index (χ4n) is 0.803. The van der Waals surface area contributed by atoms with Crippen LogP contribution in [-0.2, 0) is 4.74 Å². The number of ether oxygens (including phenoxy) is 2. The van der Waals surface area contributed by atoms with Gasteiger partial charge in [0.15, 0.2) is 0 Å². The predicted molar refractivity (Wildman–Crippen MR) is 48.0 cm³/mol. The van der Waals surface area contributed by atoms with E-state index in [2.05, 4.69) is 4.98 Å². The quantitative estimate of drug-likeness (QED) is 0.711. The van der Waals surface area contributed by atoms with Crippen molar-refractivity contribution in [3.63, 3.8) is 0 Å². The Morgan fingerprint density at radius 3 is 2.85 bits per heavy atom. The lowest BCUT2D eigenvalue weighted by atomic mass is 10.3. The summed E-state index contributed by atoms with van der Waals surface area (Å²) in [7, 11) is 1.60. The summed E-state index contributed by atoms with van der Waals surface area (Å²) in [6.45, 7) is 2.73. The number of aryl methyl sites for hydroxylation is 1. The summed E-state index contributed by atoms with van der Waals surface area (Å²) in [6, 6.07) is 1.49. The molecule has 13 heavy (non-hydrogen) atoms. The Hall–Kier alpha value is -1.29. The zero-order valence-electron chi connectivity index (χ0n) is 7.78. The fraction of sp³-hybridized carbons (Fsp3) is 0.444. The molecular weight excluding hydrogens is 170 g/mol. The van der Waals surface area contributed by atoms with Crippen LogP contribution in [0.25, 0.3) is 0 Å². The van der Waals surface area contributed by atoms with Gasteiger partial charge >= 0.3 is 0 Å². The molecule has 0 atom stereocenters. The number of rotatable bonds is 4. The standard InChI is InChI=1S/C9H13NO3/c1-7-6-10-9(5-8(7)11)13-4-3-12-2/h5-6H,3-4H2,1-2H3,(H,10,11). The minimum Gasteiger partial charge on any atom is -0.507 e. The van der Waals surface area contributed by atoms with Crippen LogP contribution in [0.4, 0.5) is 0 Å². The van der Waals surface area contributed by atoms with Gasteiger partial charge in [0, 0.05) is 24.9 Å². The van der Waals surface area contributed by atoms with Crippen molar-refractivity contribution >= 4 is 0 Å². The molecule has 0 saturated carbocycles. The van der Waals surface area contributed by atoms with Gasteiger partial charge in [-0.2, -0.15) is 0 Å². The molecule has 0 aliphatic carbocycles. The highest BCUT2D eigenvalue weighted by molar-refractivity contribution is 5.32. The third kappa shape index (κ3) is 2.91. The molecule has 0 aromatic carbocycles. The summed E-state index contributed by atoms with van der Waals surface area (Å²) in [5.41, 5.74) is 0.735. The average molecular weight is 183 g/mol. The Morgan fingerprint density at radius 2 is 2.23 bits per heavy atom. The van der Waals surface area contributed by atoms with E-state index in [0.717, 1.165) is 5.56 Å². The summed E-state index contributed by atoms with van der Waals surface area (Å²) in [5.74, 6) is 0.613. The number of aromatic hydroxyl groups is 1. The van der Waals surface area contributed by atoms with E-state index in [9.17, 15) is 5.11 Å². The summed E-state index contributed by atoms with van der Waals surface area (Å²) >= 11 is 0. The zero-order valence-corrected chi connectivity index (χ0v) is 7.78. The van der Waals surface area contributed by atoms with Crippen molar-refractivity contribution in [2.75, 3.05) is 20.3 Å². The van der Waals surface area contributed by atoms with Crippen LogP contribution < -0.4 is 4.74 Å². The number of methoxy groups -OCH3 is 1. The van der Waals surface area contributed by atoms with E-state index in [-0.39, 0.29) is 5.75 Å². The van der Waals surface area contributed by atoms with Gasteiger partial charge in [0.1, 0.15) is 12.4 Å². The van der Waals surface area contributed by atoms with Crippen molar-refractivity contribution in [2.45, 2.75) is 6.92 Å². The van der Waals surface area contributed by atoms with Gasteiger partial charge < -0.3 is 14.6 Å². The number of hydrogen-bond acceptors (Lipinski definition) is 4. The molecule has 1 aromatic rings. The minimum atomic E-state index is 0.197. The van der Waals surface area contributed by atoms with Crippen LogP contribution in [0.3, 0.4) is 0 Å². The van der Waals surface area contributed by atoms with Crippen LogP contribution in [0, 0.1) is 6.92 Å². The van der Waals surface area contributed by atoms with Crippen molar-refractivity contribution in [2.24, 2.45) is 0 Å². The number of nitrogens with zero attached hydrogens (tertiary/aromatic N) is 1. The lowest BCUT2D eigenvalue weighted by Gasteiger charge is -2.05. The highest BCUT2D eigenvalue weighted by Crippen LogP contribution is 2.19. The van der Waals surface area contributed by atoms with Gasteiger partial charge in [-0.05, 0) is 6.92 Å². The average Bonchev–Trinajstić information content (AvgIpc) is 2.12. The largest absolute Gasteiger partial charge is 0.507 e. The third-order valence-corrected chi connectivity index (χ3v) is 1.59. The van der Waals surface area contributed by atoms with Crippen LogP contribution in [0.1, 0.15) is 5.56 Å². The first-order chi connectivity index (χ1) is 6.24. The van der Waals surface area contributed by atoms with Gasteiger partial charge in [-0.1, -0.05) is 0 Å². The molecular formula is C9H13NO3. The van der Waals surface area contributed by atoms with E-state index in [4.69, 9.17) is 9.47 Å². The molecule has 4 nitrogen and oxygen atoms in total. The first-order valence-electron chi connectivity index (χ1n) is 4.01. The van der Waals surface area contributed by atoms with Crippen molar-refractivity contribution in [1.29, 1.82) is 0 Å². The maximum atomic E-state index is 9.31. The first-order valence-corrected chi connectivity index (χ1v) is 4.01. The number of hydrogen-bond donors (Lipinski definition) is 1. The van der Waals surface area contributed by atoms with Crippen molar-refractivity contribution in [3.05, 3.63) is 17.8 Å². The van der Waals surface area contributed by atoms with E-state index in [1.54, 1.807) is 20.2 Å². The molecule has 0 unspecified atom stereocenters. The lowest BCUT2D eigenvalue weighted by molar-refractivity contribution is 0.143. The summed E-state index contributed by atoms with van der Waals surface area (Å²) in [6.07, 6.45) is 1.57. The Kier molecular flexibility index (Phi) is 3.52. The Bertz CT molecular complexity index is 276. The van der Waals surface area contributed by atoms with Crippen LogP contribution in [0.5, 0.6) is 11.6 Å². The first kappa shape index (κ1) is 9.80. The van der Waals surface area contributed by atoms with Crippen molar-refractivity contribution in [3.8, 4) is 11.6 Å². The predicted octanol–water partition coefficient (Wildman–Crippen LogP) is 1.12. The number of pyridine rings is 1. The van der Waals surface area contributed by atoms with Crippen LogP contribution >= 0.6 is 0 Å². The van der Waals surface area contributed by atoms with Crippen LogP contribution in [-0.4, -0.2) is 30.4 Å². The minimum absolute atomic E-state index is 0.197. The van der Waals surface area contributed by atoms with Crippen LogP contribution in [0.15, 0.2) is 12.3 Å². The molecule has 0 aliphatic rings. The van der Waals surface area contributed by atoms with E-state index in [1.165, 1.54) is 6.07 Å². The van der Waals surface area contributed by atoms with E-state index in [0.29, 0.717) is 19.1 Å². The summed E-state index contributed by atoms with van der Waals surface area (Å²) in [4.78, 5) is 3.97. The Balaban J connectivity index is 2.53. The maximum absolute atomic E-state index is 9.31. The van der Waals surface area contributed by atoms with E-state index >= 15 is 0 Å².